The van der Waals surface area contributed by atoms with Crippen molar-refractivity contribution in [3.8, 4) is 22.3 Å². The minimum atomic E-state index is -4.36. The maximum absolute atomic E-state index is 12.4. The molecule has 0 saturated heterocycles. The maximum atomic E-state index is 12.4. The third kappa shape index (κ3) is 12.8. The van der Waals surface area contributed by atoms with Crippen LogP contribution in [0.1, 0.15) is 45.2 Å². The molecule has 2 amide bonds. The summed E-state index contributed by atoms with van der Waals surface area (Å²) in [4.78, 5) is 47.2. The van der Waals surface area contributed by atoms with E-state index in [1.807, 2.05) is 97.1 Å². The summed E-state index contributed by atoms with van der Waals surface area (Å²) >= 11 is 0. The molecular formula is C48H42BaN2O15S2. The molecule has 20 heteroatoms. The van der Waals surface area contributed by atoms with Crippen LogP contribution < -0.4 is 20.8 Å². The smallest absolute Gasteiger partial charge is 0.548 e. The van der Waals surface area contributed by atoms with Crippen LogP contribution >= 0.6 is 0 Å². The Morgan fingerprint density at radius 3 is 1.00 bits per heavy atom. The number of amides is 2. The number of carbonyl (C=O) groups excluding carboxylic acids is 4. The molecule has 6 aromatic carbocycles. The monoisotopic (exact) mass is 1090 g/mol. The van der Waals surface area contributed by atoms with Crippen LogP contribution in [0.3, 0.4) is 0 Å². The zero-order chi connectivity index (χ0) is 47.2. The van der Waals surface area contributed by atoms with E-state index >= 15 is 0 Å². The van der Waals surface area contributed by atoms with Crippen LogP contribution in [0.15, 0.2) is 155 Å². The van der Waals surface area contributed by atoms with Crippen LogP contribution in [-0.2, 0) is 52.1 Å². The molecule has 0 saturated carbocycles. The molecular weight excluding hydrogens is 1050 g/mol. The van der Waals surface area contributed by atoms with Crippen LogP contribution in [-0.4, -0.2) is 130 Å². The molecule has 8 rings (SSSR count). The number of benzene rings is 6. The number of aliphatic carboxylic acids is 2. The first-order chi connectivity index (χ1) is 31.5. The van der Waals surface area contributed by atoms with Crippen molar-refractivity contribution in [1.29, 1.82) is 0 Å². The third-order valence-corrected chi connectivity index (χ3v) is 12.9. The first-order valence-electron chi connectivity index (χ1n) is 20.3. The van der Waals surface area contributed by atoms with Gasteiger partial charge < -0.3 is 45.4 Å². The second-order valence-electron chi connectivity index (χ2n) is 15.3. The summed E-state index contributed by atoms with van der Waals surface area (Å²) < 4.78 is 73.3. The Kier molecular flexibility index (Phi) is 17.9. The van der Waals surface area contributed by atoms with Crippen molar-refractivity contribution in [1.82, 2.24) is 10.6 Å². The molecule has 2 atom stereocenters. The first-order valence-corrected chi connectivity index (χ1v) is 23.1. The molecule has 0 aromatic heterocycles. The summed E-state index contributed by atoms with van der Waals surface area (Å²) in [7, 11) is -8.72. The zero-order valence-electron chi connectivity index (χ0n) is 35.8. The van der Waals surface area contributed by atoms with Crippen molar-refractivity contribution in [3.05, 3.63) is 179 Å². The minimum absolute atomic E-state index is 0. The average molecular weight is 1090 g/mol. The van der Waals surface area contributed by atoms with Crippen LogP contribution in [0.25, 0.3) is 22.3 Å². The summed E-state index contributed by atoms with van der Waals surface area (Å²) in [5.74, 6) is -3.36. The van der Waals surface area contributed by atoms with E-state index < -0.39 is 56.4 Å². The Bertz CT molecular complexity index is 2730. The van der Waals surface area contributed by atoms with Crippen LogP contribution in [0, 0.1) is 0 Å². The van der Waals surface area contributed by atoms with Gasteiger partial charge in [0.1, 0.15) is 13.2 Å². The van der Waals surface area contributed by atoms with E-state index in [4.69, 9.17) is 18.6 Å². The molecule has 0 unspecified atom stereocenters. The molecule has 6 N–H and O–H groups in total. The SMILES string of the molecule is O.O=C(N[C@@H](Cc1ccc(S(=O)(=O)O)cc1)C(=O)[O-])OCC1c2ccccc2-c2ccccc21.O=C(N[C@@H](Cc1ccc(S(=O)(=O)O)cc1)C(=O)[O-])OCC1c2ccccc2-c2ccccc21.[Ba+2]. The van der Waals surface area contributed by atoms with Crippen molar-refractivity contribution in [2.45, 2.75) is 46.6 Å². The van der Waals surface area contributed by atoms with Crippen LogP contribution in [0.5, 0.6) is 0 Å². The van der Waals surface area contributed by atoms with Gasteiger partial charge in [0.25, 0.3) is 20.2 Å². The topological polar surface area (TPSA) is 297 Å². The van der Waals surface area contributed by atoms with Gasteiger partial charge in [0.2, 0.25) is 0 Å². The number of fused-ring (bicyclic) bond motifs is 6. The predicted molar refractivity (Wildman–Crippen MR) is 243 cm³/mol. The summed E-state index contributed by atoms with van der Waals surface area (Å²) in [5, 5.41) is 27.7. The Hall–Kier alpha value is -5.85. The fourth-order valence-corrected chi connectivity index (χ4v) is 8.98. The summed E-state index contributed by atoms with van der Waals surface area (Å²) in [6, 6.07) is 38.5. The number of hydrogen-bond donors (Lipinski definition) is 4. The van der Waals surface area contributed by atoms with Crippen molar-refractivity contribution in [2.24, 2.45) is 0 Å². The van der Waals surface area contributed by atoms with E-state index in [2.05, 4.69) is 10.6 Å². The first kappa shape index (κ1) is 53.1. The molecule has 0 spiro atoms. The van der Waals surface area contributed by atoms with Crippen LogP contribution in [0.2, 0.25) is 0 Å². The fraction of sp³-hybridized carbons (Fsp3) is 0.167. The normalized spacial score (nSPS) is 13.2. The number of carboxylic acids is 2. The summed E-state index contributed by atoms with van der Waals surface area (Å²) in [6.07, 6.45) is -2.11. The molecule has 0 heterocycles. The van der Waals surface area contributed by atoms with Crippen molar-refractivity contribution < 1.29 is 70.3 Å². The van der Waals surface area contributed by atoms with Gasteiger partial charge in [-0.2, -0.15) is 16.8 Å². The number of hydrogen-bond acceptors (Lipinski definition) is 12. The molecule has 0 radical (unpaired) electrons. The quantitative estimate of drug-likeness (QED) is 0.0901. The fourth-order valence-electron chi connectivity index (χ4n) is 8.02. The second kappa shape index (κ2) is 23.0. The van der Waals surface area contributed by atoms with E-state index in [0.29, 0.717) is 11.1 Å². The Labute approximate surface area is 431 Å². The molecule has 348 valence electrons. The van der Waals surface area contributed by atoms with E-state index in [9.17, 15) is 46.2 Å². The molecule has 0 bridgehead atoms. The average Bonchev–Trinajstić information content (AvgIpc) is 3.79. The number of ether oxygens (including phenoxy) is 2. The standard InChI is InChI=1S/2C24H21NO7S.Ba.H2O/c2*26-23(27)22(13-15-9-11-16(12-10-15)33(29,30)31)25-24(28)32-14-21-19-7-3-1-5-17(19)18-6-2-4-8-20(18)21;;/h2*1-12,21-22H,13-14H2,(H,25,28)(H,26,27)(H,29,30,31);;1H2/q;;+2;/p-2/t2*22-;;/m00../s1. The van der Waals surface area contributed by atoms with Crippen LogP contribution in [0.4, 0.5) is 9.59 Å². The summed E-state index contributed by atoms with van der Waals surface area (Å²) in [6.45, 7) is 0.0609. The predicted octanol–water partition coefficient (Wildman–Crippen LogP) is 3.06. The molecule has 2 aliphatic rings. The molecule has 2 aliphatic carbocycles. The van der Waals surface area contributed by atoms with E-state index in [1.165, 1.54) is 24.3 Å². The van der Waals surface area contributed by atoms with Crippen molar-refractivity contribution in [2.75, 3.05) is 13.2 Å². The molecule has 17 nitrogen and oxygen atoms in total. The van der Waals surface area contributed by atoms with Gasteiger partial charge in [0.05, 0.1) is 33.8 Å². The summed E-state index contributed by atoms with van der Waals surface area (Å²) in [5.41, 5.74) is 9.26. The number of rotatable bonds is 14. The Morgan fingerprint density at radius 1 is 0.485 bits per heavy atom. The van der Waals surface area contributed by atoms with Gasteiger partial charge >= 0.3 is 61.1 Å². The zero-order valence-corrected chi connectivity index (χ0v) is 41.9. The minimum Gasteiger partial charge on any atom is -0.548 e. The van der Waals surface area contributed by atoms with Gasteiger partial charge in [-0.15, -0.1) is 0 Å². The van der Waals surface area contributed by atoms with Gasteiger partial charge in [-0.3, -0.25) is 9.11 Å². The van der Waals surface area contributed by atoms with Crippen molar-refractivity contribution >= 4 is 93.2 Å². The van der Waals surface area contributed by atoms with E-state index in [-0.39, 0.29) is 102 Å². The van der Waals surface area contributed by atoms with E-state index in [0.717, 1.165) is 68.8 Å². The van der Waals surface area contributed by atoms with Gasteiger partial charge in [-0.1, -0.05) is 121 Å². The number of nitrogens with one attached hydrogen (secondary N) is 2. The van der Waals surface area contributed by atoms with Gasteiger partial charge in [0.15, 0.2) is 0 Å². The number of alkyl carbamates (subject to hydrolysis) is 2. The van der Waals surface area contributed by atoms with Crippen molar-refractivity contribution in [3.63, 3.8) is 0 Å². The Morgan fingerprint density at radius 2 is 0.750 bits per heavy atom. The Balaban J connectivity index is 0.000000247. The molecule has 68 heavy (non-hydrogen) atoms. The van der Waals surface area contributed by atoms with Gasteiger partial charge in [0, 0.05) is 11.8 Å². The maximum Gasteiger partial charge on any atom is 2.00 e. The second-order valence-corrected chi connectivity index (χ2v) is 18.2. The number of carbonyl (C=O) groups is 4. The van der Waals surface area contributed by atoms with E-state index in [1.54, 1.807) is 0 Å². The van der Waals surface area contributed by atoms with Gasteiger partial charge in [-0.05, 0) is 92.7 Å². The molecule has 0 aliphatic heterocycles. The molecule has 6 aromatic rings. The largest absolute Gasteiger partial charge is 2.00 e. The number of carboxylic acid groups (broad SMARTS) is 2. The molecule has 0 fully saturated rings. The third-order valence-electron chi connectivity index (χ3n) is 11.2. The van der Waals surface area contributed by atoms with Gasteiger partial charge in [-0.25, -0.2) is 9.59 Å².